The SMILES string of the molecule is CN(C)CCc1c[nH]c2cccc(O)c12.CN(C)CCc1c[nH]c2cccc(O)c12.O=C(O)CCCCC(=O)O. The number of aromatic hydroxyl groups is 2. The van der Waals surface area contributed by atoms with Crippen molar-refractivity contribution >= 4 is 33.7 Å². The van der Waals surface area contributed by atoms with Crippen molar-refractivity contribution in [3.05, 3.63) is 59.9 Å². The predicted molar refractivity (Wildman–Crippen MR) is 158 cm³/mol. The zero-order valence-corrected chi connectivity index (χ0v) is 23.8. The first-order chi connectivity index (χ1) is 19.0. The van der Waals surface area contributed by atoms with E-state index in [2.05, 4.69) is 48.0 Å². The maximum absolute atomic E-state index is 9.90. The zero-order chi connectivity index (χ0) is 29.7. The summed E-state index contributed by atoms with van der Waals surface area (Å²) in [6.45, 7) is 1.97. The molecule has 10 heteroatoms. The van der Waals surface area contributed by atoms with Gasteiger partial charge < -0.3 is 40.2 Å². The lowest BCUT2D eigenvalue weighted by atomic mass is 10.1. The molecule has 10 nitrogen and oxygen atoms in total. The van der Waals surface area contributed by atoms with Crippen LogP contribution in [0.2, 0.25) is 0 Å². The number of H-pyrrole nitrogens is 2. The minimum Gasteiger partial charge on any atom is -0.507 e. The van der Waals surface area contributed by atoms with Crippen LogP contribution in [-0.4, -0.2) is 93.4 Å². The third-order valence-electron chi connectivity index (χ3n) is 6.22. The molecule has 0 aliphatic carbocycles. The van der Waals surface area contributed by atoms with Gasteiger partial charge in [0, 0.05) is 60.1 Å². The Morgan fingerprint density at radius 1 is 0.675 bits per heavy atom. The average molecular weight is 555 g/mol. The summed E-state index contributed by atoms with van der Waals surface area (Å²) in [6, 6.07) is 11.1. The highest BCUT2D eigenvalue weighted by molar-refractivity contribution is 5.89. The monoisotopic (exact) mass is 554 g/mol. The number of hydrogen-bond donors (Lipinski definition) is 6. The maximum atomic E-state index is 9.90. The molecule has 0 fully saturated rings. The number of aromatic amines is 2. The minimum atomic E-state index is -0.870. The molecule has 4 rings (SSSR count). The van der Waals surface area contributed by atoms with Gasteiger partial charge in [0.15, 0.2) is 0 Å². The van der Waals surface area contributed by atoms with Crippen molar-refractivity contribution in [2.24, 2.45) is 0 Å². The van der Waals surface area contributed by atoms with Crippen LogP contribution in [0.5, 0.6) is 11.5 Å². The van der Waals surface area contributed by atoms with Crippen LogP contribution in [0.25, 0.3) is 21.8 Å². The van der Waals surface area contributed by atoms with E-state index in [9.17, 15) is 19.8 Å². The largest absolute Gasteiger partial charge is 0.507 e. The summed E-state index contributed by atoms with van der Waals surface area (Å²) in [6.07, 6.45) is 6.88. The van der Waals surface area contributed by atoms with E-state index in [0.29, 0.717) is 24.3 Å². The van der Waals surface area contributed by atoms with E-state index in [0.717, 1.165) is 47.7 Å². The van der Waals surface area contributed by atoms with Gasteiger partial charge in [-0.15, -0.1) is 0 Å². The minimum absolute atomic E-state index is 0.0628. The van der Waals surface area contributed by atoms with E-state index in [4.69, 9.17) is 10.2 Å². The smallest absolute Gasteiger partial charge is 0.303 e. The molecule has 0 saturated carbocycles. The van der Waals surface area contributed by atoms with Crippen LogP contribution in [0.15, 0.2) is 48.8 Å². The number of phenolic OH excluding ortho intramolecular Hbond substituents is 2. The van der Waals surface area contributed by atoms with Crippen molar-refractivity contribution < 1.29 is 30.0 Å². The second-order valence-electron chi connectivity index (χ2n) is 10.1. The standard InChI is InChI=1S/2C12H16N2O.C6H10O4/c2*1-14(2)7-6-9-8-13-10-4-3-5-11(15)12(9)10;7-5(8)3-1-2-4-6(9)10/h2*3-5,8,13,15H,6-7H2,1-2H3;1-4H2,(H,7,8)(H,9,10). The molecule has 0 radical (unpaired) electrons. The highest BCUT2D eigenvalue weighted by Gasteiger charge is 2.08. The first-order valence-corrected chi connectivity index (χ1v) is 13.3. The molecule has 0 bridgehead atoms. The Morgan fingerprint density at radius 2 is 1.05 bits per heavy atom. The summed E-state index contributed by atoms with van der Waals surface area (Å²) in [7, 11) is 8.20. The molecule has 0 amide bonds. The molecule has 0 aliphatic rings. The Morgan fingerprint density at radius 3 is 1.38 bits per heavy atom. The maximum Gasteiger partial charge on any atom is 0.303 e. The van der Waals surface area contributed by atoms with Crippen LogP contribution in [0.3, 0.4) is 0 Å². The average Bonchev–Trinajstić information content (AvgIpc) is 3.50. The van der Waals surface area contributed by atoms with Gasteiger partial charge in [0.2, 0.25) is 0 Å². The molecule has 2 aromatic heterocycles. The third-order valence-corrected chi connectivity index (χ3v) is 6.22. The summed E-state index contributed by atoms with van der Waals surface area (Å²) < 4.78 is 0. The molecule has 4 aromatic rings. The molecule has 0 atom stereocenters. The van der Waals surface area contributed by atoms with Gasteiger partial charge in [-0.05, 0) is 89.3 Å². The summed E-state index contributed by atoms with van der Waals surface area (Å²) in [4.78, 5) is 30.4. The molecule has 2 aromatic carbocycles. The van der Waals surface area contributed by atoms with Gasteiger partial charge in [-0.3, -0.25) is 9.59 Å². The Bertz CT molecular complexity index is 1260. The lowest BCUT2D eigenvalue weighted by molar-refractivity contribution is -0.139. The van der Waals surface area contributed by atoms with Gasteiger partial charge in [0.1, 0.15) is 11.5 Å². The molecular formula is C30H42N4O6. The number of aromatic nitrogens is 2. The molecule has 0 spiro atoms. The fraction of sp³-hybridized carbons (Fsp3) is 0.400. The van der Waals surface area contributed by atoms with Crippen molar-refractivity contribution in [2.45, 2.75) is 38.5 Å². The number of rotatable bonds is 11. The number of carboxylic acids is 2. The third kappa shape index (κ3) is 10.6. The van der Waals surface area contributed by atoms with E-state index in [1.165, 1.54) is 11.1 Å². The number of carbonyl (C=O) groups is 2. The first-order valence-electron chi connectivity index (χ1n) is 13.3. The molecule has 0 aliphatic heterocycles. The van der Waals surface area contributed by atoms with E-state index in [1.807, 2.05) is 36.7 Å². The molecule has 2 heterocycles. The van der Waals surface area contributed by atoms with Crippen LogP contribution in [-0.2, 0) is 22.4 Å². The highest BCUT2D eigenvalue weighted by atomic mass is 16.4. The zero-order valence-electron chi connectivity index (χ0n) is 23.8. The lowest BCUT2D eigenvalue weighted by Gasteiger charge is -2.08. The number of fused-ring (bicyclic) bond motifs is 2. The van der Waals surface area contributed by atoms with Gasteiger partial charge >= 0.3 is 11.9 Å². The Labute approximate surface area is 234 Å². The molecule has 0 saturated heterocycles. The molecule has 40 heavy (non-hydrogen) atoms. The number of hydrogen-bond acceptors (Lipinski definition) is 6. The number of carboxylic acid groups (broad SMARTS) is 2. The van der Waals surface area contributed by atoms with Crippen molar-refractivity contribution in [2.75, 3.05) is 41.3 Å². The normalized spacial score (nSPS) is 10.8. The second kappa shape index (κ2) is 16.2. The van der Waals surface area contributed by atoms with Crippen LogP contribution in [0, 0.1) is 0 Å². The Balaban J connectivity index is 0.000000216. The number of unbranched alkanes of at least 4 members (excludes halogenated alkanes) is 1. The van der Waals surface area contributed by atoms with Crippen LogP contribution < -0.4 is 0 Å². The van der Waals surface area contributed by atoms with Crippen molar-refractivity contribution in [3.63, 3.8) is 0 Å². The number of nitrogens with one attached hydrogen (secondary N) is 2. The molecule has 218 valence electrons. The van der Waals surface area contributed by atoms with Gasteiger partial charge in [-0.25, -0.2) is 0 Å². The summed E-state index contributed by atoms with van der Waals surface area (Å²) in [5.74, 6) is -1.01. The fourth-order valence-electron chi connectivity index (χ4n) is 4.10. The van der Waals surface area contributed by atoms with Gasteiger partial charge in [0.05, 0.1) is 0 Å². The van der Waals surface area contributed by atoms with Gasteiger partial charge in [-0.2, -0.15) is 0 Å². The Kier molecular flexibility index (Phi) is 13.0. The number of benzene rings is 2. The van der Waals surface area contributed by atoms with Crippen LogP contribution in [0.4, 0.5) is 0 Å². The highest BCUT2D eigenvalue weighted by Crippen LogP contribution is 2.28. The quantitative estimate of drug-likeness (QED) is 0.146. The van der Waals surface area contributed by atoms with Crippen molar-refractivity contribution in [1.82, 2.24) is 19.8 Å². The second-order valence-corrected chi connectivity index (χ2v) is 10.1. The summed E-state index contributed by atoms with van der Waals surface area (Å²) >= 11 is 0. The lowest BCUT2D eigenvalue weighted by Crippen LogP contribution is -2.14. The van der Waals surface area contributed by atoms with Crippen molar-refractivity contribution in [1.29, 1.82) is 0 Å². The van der Waals surface area contributed by atoms with Gasteiger partial charge in [-0.1, -0.05) is 12.1 Å². The van der Waals surface area contributed by atoms with Crippen molar-refractivity contribution in [3.8, 4) is 11.5 Å². The van der Waals surface area contributed by atoms with E-state index in [1.54, 1.807) is 12.1 Å². The van der Waals surface area contributed by atoms with E-state index in [-0.39, 0.29) is 12.8 Å². The summed E-state index contributed by atoms with van der Waals surface area (Å²) in [5, 5.41) is 37.7. The molecule has 0 unspecified atom stereocenters. The van der Waals surface area contributed by atoms with E-state index >= 15 is 0 Å². The fourth-order valence-corrected chi connectivity index (χ4v) is 4.10. The molecule has 6 N–H and O–H groups in total. The number of likely N-dealkylation sites (N-methyl/N-ethyl adjacent to an activating group) is 2. The molecular weight excluding hydrogens is 512 g/mol. The number of phenols is 2. The Hall–Kier alpha value is -4.02. The summed E-state index contributed by atoms with van der Waals surface area (Å²) in [5.41, 5.74) is 4.36. The van der Waals surface area contributed by atoms with Gasteiger partial charge in [0.25, 0.3) is 0 Å². The number of aliphatic carboxylic acids is 2. The first kappa shape index (κ1) is 32.2. The van der Waals surface area contributed by atoms with E-state index < -0.39 is 11.9 Å². The van der Waals surface area contributed by atoms with Crippen LogP contribution in [0.1, 0.15) is 36.8 Å². The van der Waals surface area contributed by atoms with Crippen LogP contribution >= 0.6 is 0 Å². The topological polar surface area (TPSA) is 153 Å². The predicted octanol–water partition coefficient (Wildman–Crippen LogP) is 4.67. The number of nitrogens with zero attached hydrogens (tertiary/aromatic N) is 2.